The van der Waals surface area contributed by atoms with Crippen LogP contribution in [0.1, 0.15) is 57.4 Å². The summed E-state index contributed by atoms with van der Waals surface area (Å²) in [6, 6.07) is 0.457. The fourth-order valence-corrected chi connectivity index (χ4v) is 3.66. The van der Waals surface area contributed by atoms with Crippen molar-refractivity contribution in [2.45, 2.75) is 59.1 Å². The lowest BCUT2D eigenvalue weighted by atomic mass is 9.94. The van der Waals surface area contributed by atoms with E-state index in [1.54, 1.807) is 6.92 Å². The second kappa shape index (κ2) is 15.2. The van der Waals surface area contributed by atoms with E-state index in [1.165, 1.54) is 19.4 Å². The highest BCUT2D eigenvalue weighted by Crippen LogP contribution is 2.29. The normalized spacial score (nSPS) is 20.5. The second-order valence-corrected chi connectivity index (χ2v) is 8.99. The van der Waals surface area contributed by atoms with Gasteiger partial charge in [-0.3, -0.25) is 4.79 Å². The van der Waals surface area contributed by atoms with Gasteiger partial charge in [-0.05, 0) is 38.5 Å². The van der Waals surface area contributed by atoms with Gasteiger partial charge in [0.05, 0.1) is 19.8 Å². The Labute approximate surface area is 212 Å². The van der Waals surface area contributed by atoms with Gasteiger partial charge in [0.25, 0.3) is 5.91 Å². The monoisotopic (exact) mass is 510 g/mol. The van der Waals surface area contributed by atoms with Gasteiger partial charge in [0.15, 0.2) is 23.2 Å². The molecule has 0 aromatic carbocycles. The first kappa shape index (κ1) is 29.3. The molecule has 2 rings (SSSR count). The van der Waals surface area contributed by atoms with Gasteiger partial charge in [-0.15, -0.1) is 0 Å². The molecule has 1 N–H and O–H groups in total. The highest BCUT2D eigenvalue weighted by Gasteiger charge is 2.30. The molecule has 1 fully saturated rings. The summed E-state index contributed by atoms with van der Waals surface area (Å²) in [5, 5.41) is 2.62. The first-order valence-electron chi connectivity index (χ1n) is 12.2. The minimum atomic E-state index is -1.03. The van der Waals surface area contributed by atoms with Crippen molar-refractivity contribution in [2.24, 2.45) is 11.8 Å². The quantitative estimate of drug-likeness (QED) is 0.330. The van der Waals surface area contributed by atoms with Crippen molar-refractivity contribution in [3.63, 3.8) is 0 Å². The molecule has 11 heteroatoms. The number of carbonyl (C=O) groups is 3. The molecule has 11 nitrogen and oxygen atoms in total. The van der Waals surface area contributed by atoms with E-state index >= 15 is 0 Å². The van der Waals surface area contributed by atoms with Crippen molar-refractivity contribution in [2.75, 3.05) is 40.3 Å². The summed E-state index contributed by atoms with van der Waals surface area (Å²) in [6.45, 7) is 8.01. The SMILES string of the molecule is CCOCC(=O)OCOc1c(OC)ccnc1C(=O)N[C@H]1COCC(CCC(C)C)CC(C)OC1=O. The van der Waals surface area contributed by atoms with Gasteiger partial charge in [-0.1, -0.05) is 20.3 Å². The molecule has 2 heterocycles. The molecule has 0 saturated carbocycles. The van der Waals surface area contributed by atoms with Crippen molar-refractivity contribution in [1.29, 1.82) is 0 Å². The molecule has 1 saturated heterocycles. The third-order valence-corrected chi connectivity index (χ3v) is 5.51. The van der Waals surface area contributed by atoms with Gasteiger partial charge < -0.3 is 33.7 Å². The van der Waals surface area contributed by atoms with Gasteiger partial charge in [-0.25, -0.2) is 14.6 Å². The average molecular weight is 511 g/mol. The van der Waals surface area contributed by atoms with Gasteiger partial charge in [0.1, 0.15) is 6.61 Å². The van der Waals surface area contributed by atoms with Gasteiger partial charge in [-0.2, -0.15) is 0 Å². The number of hydrogen-bond donors (Lipinski definition) is 1. The van der Waals surface area contributed by atoms with Crippen LogP contribution in [0.25, 0.3) is 0 Å². The van der Waals surface area contributed by atoms with Crippen molar-refractivity contribution >= 4 is 17.8 Å². The molecule has 1 aromatic rings. The maximum absolute atomic E-state index is 13.1. The molecule has 36 heavy (non-hydrogen) atoms. The molecule has 0 bridgehead atoms. The first-order valence-corrected chi connectivity index (χ1v) is 12.2. The zero-order valence-corrected chi connectivity index (χ0v) is 21.7. The molecule has 202 valence electrons. The number of nitrogens with zero attached hydrogens (tertiary/aromatic N) is 1. The number of rotatable bonds is 12. The standard InChI is InChI=1S/C25H38N2O9/c1-6-32-14-21(28)34-15-35-23-20(31-5)9-10-26-22(23)24(29)27-19-13-33-12-18(8-7-16(2)3)11-17(4)36-25(19)30/h9-10,16-19H,6-8,11-15H2,1-5H3,(H,27,29)/t17?,18?,19-/m0/s1. The molecule has 0 spiro atoms. The number of cyclic esters (lactones) is 1. The Kier molecular flexibility index (Phi) is 12.4. The Balaban J connectivity index is 2.08. The van der Waals surface area contributed by atoms with E-state index in [2.05, 4.69) is 24.1 Å². The molecule has 1 aromatic heterocycles. The number of esters is 2. The summed E-state index contributed by atoms with van der Waals surface area (Å²) in [7, 11) is 1.39. The van der Waals surface area contributed by atoms with Crippen molar-refractivity contribution in [1.82, 2.24) is 10.3 Å². The molecule has 0 radical (unpaired) electrons. The Morgan fingerprint density at radius 1 is 1.28 bits per heavy atom. The van der Waals surface area contributed by atoms with Gasteiger partial charge >= 0.3 is 11.9 Å². The smallest absolute Gasteiger partial charge is 0.334 e. The molecular weight excluding hydrogens is 472 g/mol. The van der Waals surface area contributed by atoms with E-state index in [0.717, 1.165) is 12.8 Å². The molecule has 1 amide bonds. The van der Waals surface area contributed by atoms with Crippen LogP contribution in [0.3, 0.4) is 0 Å². The number of methoxy groups -OCH3 is 1. The summed E-state index contributed by atoms with van der Waals surface area (Å²) in [5.41, 5.74) is -0.147. The molecule has 1 aliphatic rings. The topological polar surface area (TPSA) is 132 Å². The van der Waals surface area contributed by atoms with E-state index in [0.29, 0.717) is 25.6 Å². The summed E-state index contributed by atoms with van der Waals surface area (Å²) in [6.07, 6.45) is 3.77. The predicted octanol–water partition coefficient (Wildman–Crippen LogP) is 2.51. The Bertz CT molecular complexity index is 862. The average Bonchev–Trinajstić information content (AvgIpc) is 2.90. The fraction of sp³-hybridized carbons (Fsp3) is 0.680. The molecule has 0 aliphatic carbocycles. The number of pyridine rings is 1. The third kappa shape index (κ3) is 9.62. The molecule has 1 aliphatic heterocycles. The zero-order chi connectivity index (χ0) is 26.5. The number of carbonyl (C=O) groups excluding carboxylic acids is 3. The van der Waals surface area contributed by atoms with Crippen LogP contribution in [0.2, 0.25) is 0 Å². The van der Waals surface area contributed by atoms with E-state index < -0.39 is 30.7 Å². The molecule has 2 unspecified atom stereocenters. The lowest BCUT2D eigenvalue weighted by Crippen LogP contribution is -2.45. The highest BCUT2D eigenvalue weighted by atomic mass is 16.7. The predicted molar refractivity (Wildman–Crippen MR) is 129 cm³/mol. The number of amides is 1. The zero-order valence-electron chi connectivity index (χ0n) is 21.7. The lowest BCUT2D eigenvalue weighted by Gasteiger charge is -2.20. The van der Waals surface area contributed by atoms with E-state index in [-0.39, 0.29) is 42.4 Å². The van der Waals surface area contributed by atoms with Crippen LogP contribution in [0.5, 0.6) is 11.5 Å². The van der Waals surface area contributed by atoms with Crippen molar-refractivity contribution in [3.05, 3.63) is 18.0 Å². The molecular formula is C25H38N2O9. The summed E-state index contributed by atoms with van der Waals surface area (Å²) in [5.74, 6) is -0.921. The van der Waals surface area contributed by atoms with Crippen LogP contribution in [0.4, 0.5) is 0 Å². The van der Waals surface area contributed by atoms with Gasteiger partial charge in [0.2, 0.25) is 6.79 Å². The van der Waals surface area contributed by atoms with Crippen LogP contribution in [-0.4, -0.2) is 75.3 Å². The number of hydrogen-bond acceptors (Lipinski definition) is 10. The Morgan fingerprint density at radius 2 is 2.06 bits per heavy atom. The Morgan fingerprint density at radius 3 is 2.75 bits per heavy atom. The largest absolute Gasteiger partial charge is 0.493 e. The first-order chi connectivity index (χ1) is 17.2. The van der Waals surface area contributed by atoms with E-state index in [4.69, 9.17) is 28.4 Å². The van der Waals surface area contributed by atoms with Gasteiger partial charge in [0, 0.05) is 25.5 Å². The summed E-state index contributed by atoms with van der Waals surface area (Å²) < 4.78 is 32.1. The lowest BCUT2D eigenvalue weighted by molar-refractivity contribution is -0.155. The van der Waals surface area contributed by atoms with Crippen LogP contribution in [0.15, 0.2) is 12.3 Å². The number of ether oxygens (including phenoxy) is 6. The van der Waals surface area contributed by atoms with Crippen molar-refractivity contribution in [3.8, 4) is 11.5 Å². The minimum Gasteiger partial charge on any atom is -0.493 e. The van der Waals surface area contributed by atoms with Crippen LogP contribution < -0.4 is 14.8 Å². The number of nitrogens with one attached hydrogen (secondary N) is 1. The van der Waals surface area contributed by atoms with Crippen LogP contribution in [-0.2, 0) is 28.5 Å². The third-order valence-electron chi connectivity index (χ3n) is 5.51. The van der Waals surface area contributed by atoms with Crippen LogP contribution in [0, 0.1) is 11.8 Å². The summed E-state index contributed by atoms with van der Waals surface area (Å²) >= 11 is 0. The van der Waals surface area contributed by atoms with E-state index in [9.17, 15) is 14.4 Å². The number of aromatic nitrogens is 1. The van der Waals surface area contributed by atoms with E-state index in [1.807, 2.05) is 6.92 Å². The highest BCUT2D eigenvalue weighted by molar-refractivity contribution is 5.98. The van der Waals surface area contributed by atoms with Crippen molar-refractivity contribution < 1.29 is 42.8 Å². The minimum absolute atomic E-state index is 0.0370. The van der Waals surface area contributed by atoms with Crippen LogP contribution >= 0.6 is 0 Å². The maximum atomic E-state index is 13.1. The summed E-state index contributed by atoms with van der Waals surface area (Å²) in [4.78, 5) is 41.6. The Hall–Kier alpha value is -2.92. The fourth-order valence-electron chi connectivity index (χ4n) is 3.66. The molecule has 3 atom stereocenters. The second-order valence-electron chi connectivity index (χ2n) is 8.99. The maximum Gasteiger partial charge on any atom is 0.334 e.